The van der Waals surface area contributed by atoms with Crippen molar-refractivity contribution < 1.29 is 13.2 Å². The molecule has 142 valence electrons. The first-order chi connectivity index (χ1) is 13.5. The minimum absolute atomic E-state index is 0.343. The Bertz CT molecular complexity index is 1070. The number of urea groups is 1. The zero-order valence-electron chi connectivity index (χ0n) is 14.9. The first-order valence-corrected chi connectivity index (χ1v) is 10.0. The van der Waals surface area contributed by atoms with Gasteiger partial charge >= 0.3 is 6.03 Å². The topological polar surface area (TPSA) is 87.3 Å². The van der Waals surface area contributed by atoms with E-state index in [-0.39, 0.29) is 0 Å². The number of carbonyl (C=O) groups is 1. The molecule has 0 aliphatic heterocycles. The molecule has 0 aliphatic carbocycles. The number of carbonyl (C=O) groups excluding carboxylic acids is 1. The number of benzene rings is 3. The van der Waals surface area contributed by atoms with Crippen molar-refractivity contribution >= 4 is 39.2 Å². The van der Waals surface area contributed by atoms with Crippen molar-refractivity contribution in [2.24, 2.45) is 0 Å². The van der Waals surface area contributed by atoms with Crippen LogP contribution in [0.15, 0.2) is 90.3 Å². The molecule has 0 saturated carbocycles. The number of hydrogen-bond donors (Lipinski definition) is 3. The number of amides is 2. The molecule has 3 aromatic rings. The molecule has 0 heterocycles. The quantitative estimate of drug-likeness (QED) is 0.565. The maximum Gasteiger partial charge on any atom is 0.323 e. The zero-order chi connectivity index (χ0) is 19.8. The number of anilines is 3. The second-order valence-electron chi connectivity index (χ2n) is 5.89. The fourth-order valence-corrected chi connectivity index (χ4v) is 3.27. The van der Waals surface area contributed by atoms with E-state index in [4.69, 9.17) is 0 Å². The highest BCUT2D eigenvalue weighted by Gasteiger charge is 2.08. The van der Waals surface area contributed by atoms with E-state index in [1.54, 1.807) is 36.4 Å². The van der Waals surface area contributed by atoms with Crippen LogP contribution in [-0.2, 0) is 10.0 Å². The molecule has 0 unspecified atom stereocenters. The highest BCUT2D eigenvalue weighted by atomic mass is 32.2. The molecule has 0 aromatic heterocycles. The molecule has 3 N–H and O–H groups in total. The molecule has 0 fully saturated rings. The summed E-state index contributed by atoms with van der Waals surface area (Å²) in [6.45, 7) is 0. The van der Waals surface area contributed by atoms with Crippen molar-refractivity contribution in [3.8, 4) is 0 Å². The van der Waals surface area contributed by atoms with Gasteiger partial charge < -0.3 is 10.6 Å². The van der Waals surface area contributed by atoms with Gasteiger partial charge in [-0.05, 0) is 42.0 Å². The van der Waals surface area contributed by atoms with Crippen LogP contribution >= 0.6 is 0 Å². The lowest BCUT2D eigenvalue weighted by Gasteiger charge is -2.10. The third-order valence-electron chi connectivity index (χ3n) is 3.65. The van der Waals surface area contributed by atoms with Crippen LogP contribution in [-0.4, -0.2) is 14.4 Å². The number of rotatable bonds is 6. The van der Waals surface area contributed by atoms with E-state index >= 15 is 0 Å². The van der Waals surface area contributed by atoms with Gasteiger partial charge in [0.2, 0.25) is 0 Å². The first-order valence-electron chi connectivity index (χ1n) is 8.49. The van der Waals surface area contributed by atoms with E-state index in [9.17, 15) is 13.2 Å². The fraction of sp³-hybridized carbons (Fsp3) is 0. The monoisotopic (exact) mass is 393 g/mol. The van der Waals surface area contributed by atoms with E-state index in [0.29, 0.717) is 17.1 Å². The van der Waals surface area contributed by atoms with Crippen LogP contribution in [0.25, 0.3) is 6.08 Å². The van der Waals surface area contributed by atoms with E-state index in [2.05, 4.69) is 15.4 Å². The van der Waals surface area contributed by atoms with Crippen LogP contribution in [0.4, 0.5) is 21.9 Å². The highest BCUT2D eigenvalue weighted by Crippen LogP contribution is 2.17. The van der Waals surface area contributed by atoms with Crippen LogP contribution in [0.3, 0.4) is 0 Å². The van der Waals surface area contributed by atoms with Crippen molar-refractivity contribution in [1.29, 1.82) is 0 Å². The minimum atomic E-state index is -3.69. The molecule has 3 aromatic carbocycles. The Labute approximate surface area is 164 Å². The second-order valence-corrected chi connectivity index (χ2v) is 7.45. The van der Waals surface area contributed by atoms with Gasteiger partial charge in [-0.1, -0.05) is 54.6 Å². The van der Waals surface area contributed by atoms with E-state index in [1.165, 1.54) is 6.08 Å². The Balaban J connectivity index is 1.64. The molecule has 0 saturated heterocycles. The molecule has 7 heteroatoms. The smallest absolute Gasteiger partial charge is 0.308 e. The summed E-state index contributed by atoms with van der Waals surface area (Å²) in [5, 5.41) is 6.47. The largest absolute Gasteiger partial charge is 0.323 e. The van der Waals surface area contributed by atoms with Gasteiger partial charge in [0.05, 0.1) is 11.1 Å². The van der Waals surface area contributed by atoms with E-state index < -0.39 is 16.1 Å². The van der Waals surface area contributed by atoms with Gasteiger partial charge in [0.25, 0.3) is 10.0 Å². The Morgan fingerprint density at radius 2 is 1.29 bits per heavy atom. The van der Waals surface area contributed by atoms with Crippen LogP contribution in [0.2, 0.25) is 0 Å². The van der Waals surface area contributed by atoms with Crippen LogP contribution < -0.4 is 15.4 Å². The Morgan fingerprint density at radius 3 is 2.00 bits per heavy atom. The summed E-state index contributed by atoms with van der Waals surface area (Å²) < 4.78 is 27.0. The average Bonchev–Trinajstić information content (AvgIpc) is 2.68. The van der Waals surface area contributed by atoms with Gasteiger partial charge in [-0.2, -0.15) is 0 Å². The molecular formula is C21H19N3O3S. The lowest BCUT2D eigenvalue weighted by Crippen LogP contribution is -2.19. The van der Waals surface area contributed by atoms with Crippen LogP contribution in [0, 0.1) is 0 Å². The maximum atomic E-state index is 12.3. The van der Waals surface area contributed by atoms with Crippen molar-refractivity contribution in [1.82, 2.24) is 0 Å². The van der Waals surface area contributed by atoms with Gasteiger partial charge in [0.15, 0.2) is 0 Å². The van der Waals surface area contributed by atoms with E-state index in [1.807, 2.05) is 48.5 Å². The molecule has 0 spiro atoms. The Hall–Kier alpha value is -3.58. The SMILES string of the molecule is O=C(Nc1ccccc1)Nc1cccc(NS(=O)(=O)C=Cc2ccccc2)c1. The molecule has 0 aliphatic rings. The summed E-state index contributed by atoms with van der Waals surface area (Å²) in [5.74, 6) is 0. The third-order valence-corrected chi connectivity index (χ3v) is 4.67. The molecule has 28 heavy (non-hydrogen) atoms. The summed E-state index contributed by atoms with van der Waals surface area (Å²) in [6.07, 6.45) is 1.51. The predicted octanol–water partition coefficient (Wildman–Crippen LogP) is 4.74. The molecule has 0 radical (unpaired) electrons. The lowest BCUT2D eigenvalue weighted by atomic mass is 10.2. The fourth-order valence-electron chi connectivity index (χ4n) is 2.41. The first kappa shape index (κ1) is 19.2. The lowest BCUT2D eigenvalue weighted by molar-refractivity contribution is 0.262. The van der Waals surface area contributed by atoms with Gasteiger partial charge in [0.1, 0.15) is 0 Å². The summed E-state index contributed by atoms with van der Waals surface area (Å²) in [5.41, 5.74) is 2.24. The normalized spacial score (nSPS) is 11.1. The third kappa shape index (κ3) is 6.00. The van der Waals surface area contributed by atoms with Gasteiger partial charge in [-0.25, -0.2) is 13.2 Å². The van der Waals surface area contributed by atoms with Crippen molar-refractivity contribution in [2.45, 2.75) is 0 Å². The summed E-state index contributed by atoms with van der Waals surface area (Å²) in [7, 11) is -3.69. The molecule has 6 nitrogen and oxygen atoms in total. The van der Waals surface area contributed by atoms with Crippen molar-refractivity contribution in [3.05, 3.63) is 95.9 Å². The molecule has 3 rings (SSSR count). The average molecular weight is 393 g/mol. The summed E-state index contributed by atoms with van der Waals surface area (Å²) >= 11 is 0. The van der Waals surface area contributed by atoms with Gasteiger partial charge in [-0.3, -0.25) is 4.72 Å². The number of nitrogens with one attached hydrogen (secondary N) is 3. The van der Waals surface area contributed by atoms with Crippen molar-refractivity contribution in [3.63, 3.8) is 0 Å². The predicted molar refractivity (Wildman–Crippen MR) is 114 cm³/mol. The molecule has 0 atom stereocenters. The molecule has 2 amide bonds. The highest BCUT2D eigenvalue weighted by molar-refractivity contribution is 7.95. The Morgan fingerprint density at radius 1 is 0.714 bits per heavy atom. The minimum Gasteiger partial charge on any atom is -0.308 e. The Kier molecular flexibility index (Phi) is 6.08. The standard InChI is InChI=1S/C21H19N3O3S/c25-21(22-18-10-5-2-6-11-18)23-19-12-7-13-20(16-19)24-28(26,27)15-14-17-8-3-1-4-9-17/h1-16,24H,(H2,22,23,25). The van der Waals surface area contributed by atoms with Gasteiger partial charge in [0, 0.05) is 11.4 Å². The maximum absolute atomic E-state index is 12.3. The zero-order valence-corrected chi connectivity index (χ0v) is 15.7. The number of hydrogen-bond acceptors (Lipinski definition) is 3. The summed E-state index contributed by atoms with van der Waals surface area (Å²) in [4.78, 5) is 12.1. The second kappa shape index (κ2) is 8.88. The van der Waals surface area contributed by atoms with Crippen LogP contribution in [0.5, 0.6) is 0 Å². The van der Waals surface area contributed by atoms with Crippen molar-refractivity contribution in [2.75, 3.05) is 15.4 Å². The number of para-hydroxylation sites is 1. The molecular weight excluding hydrogens is 374 g/mol. The van der Waals surface area contributed by atoms with E-state index in [0.717, 1.165) is 11.0 Å². The van der Waals surface area contributed by atoms with Crippen LogP contribution in [0.1, 0.15) is 5.56 Å². The molecule has 0 bridgehead atoms. The summed E-state index contributed by atoms with van der Waals surface area (Å²) in [6, 6.07) is 24.2. The van der Waals surface area contributed by atoms with Gasteiger partial charge in [-0.15, -0.1) is 0 Å². The number of sulfonamides is 1.